The number of ether oxygens (including phenoxy) is 2. The molecule has 1 amide bonds. The van der Waals surface area contributed by atoms with Crippen LogP contribution in [0.4, 0.5) is 0 Å². The molecule has 1 heterocycles. The van der Waals surface area contributed by atoms with Crippen molar-refractivity contribution in [2.75, 3.05) is 0 Å². The molecule has 0 saturated carbocycles. The van der Waals surface area contributed by atoms with Gasteiger partial charge in [-0.25, -0.2) is 0 Å². The van der Waals surface area contributed by atoms with E-state index in [1.165, 1.54) is 0 Å². The molecule has 4 nitrogen and oxygen atoms in total. The predicted octanol–water partition coefficient (Wildman–Crippen LogP) is 2.22. The minimum absolute atomic E-state index is 0.000120. The molecule has 2 rings (SSSR count). The molecule has 18 heavy (non-hydrogen) atoms. The van der Waals surface area contributed by atoms with Crippen molar-refractivity contribution in [1.29, 1.82) is 0 Å². The molecule has 98 valence electrons. The highest BCUT2D eigenvalue weighted by Gasteiger charge is 2.35. The lowest BCUT2D eigenvalue weighted by Crippen LogP contribution is -2.50. The normalized spacial score (nSPS) is 28.2. The average molecular weight is 249 g/mol. The lowest BCUT2D eigenvalue weighted by molar-refractivity contribution is -0.232. The fraction of sp³-hybridized carbons (Fsp3) is 0.500. The van der Waals surface area contributed by atoms with Crippen LogP contribution in [0.2, 0.25) is 0 Å². The molecule has 1 N–H and O–H groups in total. The van der Waals surface area contributed by atoms with Gasteiger partial charge in [-0.3, -0.25) is 4.79 Å². The molecule has 0 radical (unpaired) electrons. The second kappa shape index (κ2) is 5.50. The Morgan fingerprint density at radius 2 is 1.94 bits per heavy atom. The van der Waals surface area contributed by atoms with Crippen molar-refractivity contribution in [1.82, 2.24) is 5.32 Å². The van der Waals surface area contributed by atoms with Crippen LogP contribution in [-0.4, -0.2) is 18.4 Å². The van der Waals surface area contributed by atoms with E-state index < -0.39 is 6.41 Å². The van der Waals surface area contributed by atoms with Crippen LogP contribution in [0.5, 0.6) is 0 Å². The van der Waals surface area contributed by atoms with Gasteiger partial charge in [0.05, 0.1) is 18.1 Å². The summed E-state index contributed by atoms with van der Waals surface area (Å²) in [5.74, 6) is -0.264. The molecule has 1 aliphatic rings. The number of amides is 1. The van der Waals surface area contributed by atoms with E-state index in [9.17, 15) is 4.79 Å². The molecule has 4 heteroatoms. The highest BCUT2D eigenvalue weighted by Crippen LogP contribution is 2.30. The molecule has 0 unspecified atom stereocenters. The Balaban J connectivity index is 2.15. The summed E-state index contributed by atoms with van der Waals surface area (Å²) >= 11 is 0. The maximum Gasteiger partial charge on any atom is 0.240 e. The first-order chi connectivity index (χ1) is 8.58. The fourth-order valence-electron chi connectivity index (χ4n) is 1.99. The molecule has 1 aromatic rings. The smallest absolute Gasteiger partial charge is 0.240 e. The van der Waals surface area contributed by atoms with Crippen LogP contribution in [0.1, 0.15) is 32.4 Å². The third-order valence-corrected chi connectivity index (χ3v) is 2.92. The molecule has 3 atom stereocenters. The van der Waals surface area contributed by atoms with E-state index in [2.05, 4.69) is 5.32 Å². The van der Waals surface area contributed by atoms with Crippen molar-refractivity contribution < 1.29 is 14.3 Å². The van der Waals surface area contributed by atoms with E-state index in [1.54, 1.807) is 0 Å². The number of benzene rings is 1. The lowest BCUT2D eigenvalue weighted by Gasteiger charge is -2.35. The zero-order valence-electron chi connectivity index (χ0n) is 10.9. The first-order valence-corrected chi connectivity index (χ1v) is 6.24. The number of carbonyl (C=O) groups is 1. The zero-order chi connectivity index (χ0) is 13.1. The van der Waals surface area contributed by atoms with Gasteiger partial charge < -0.3 is 14.8 Å². The van der Waals surface area contributed by atoms with E-state index in [4.69, 9.17) is 9.47 Å². The van der Waals surface area contributed by atoms with Crippen LogP contribution in [0.15, 0.2) is 30.3 Å². The average Bonchev–Trinajstić information content (AvgIpc) is 2.34. The summed E-state index contributed by atoms with van der Waals surface area (Å²) in [4.78, 5) is 11.9. The Kier molecular flexibility index (Phi) is 3.99. The van der Waals surface area contributed by atoms with E-state index in [1.807, 2.05) is 51.1 Å². The van der Waals surface area contributed by atoms with Crippen molar-refractivity contribution in [3.05, 3.63) is 35.9 Å². The van der Waals surface area contributed by atoms with Gasteiger partial charge in [0.2, 0.25) is 12.3 Å². The number of nitrogens with one attached hydrogen (secondary N) is 1. The Hall–Kier alpha value is -1.39. The molecule has 1 aromatic carbocycles. The van der Waals surface area contributed by atoms with Crippen LogP contribution in [0, 0.1) is 5.92 Å². The first kappa shape index (κ1) is 13.1. The van der Waals surface area contributed by atoms with Gasteiger partial charge in [0.25, 0.3) is 0 Å². The number of hydrogen-bond acceptors (Lipinski definition) is 3. The second-order valence-corrected chi connectivity index (χ2v) is 4.78. The molecular weight excluding hydrogens is 230 g/mol. The highest BCUT2D eigenvalue weighted by molar-refractivity contribution is 5.79. The van der Waals surface area contributed by atoms with Crippen molar-refractivity contribution in [2.45, 2.75) is 39.4 Å². The molecule has 1 aliphatic heterocycles. The van der Waals surface area contributed by atoms with Gasteiger partial charge in [-0.2, -0.15) is 0 Å². The fourth-order valence-corrected chi connectivity index (χ4v) is 1.99. The summed E-state index contributed by atoms with van der Waals surface area (Å²) in [5, 5.41) is 2.71. The largest absolute Gasteiger partial charge is 0.333 e. The molecule has 0 spiro atoms. The van der Waals surface area contributed by atoms with Crippen molar-refractivity contribution >= 4 is 5.91 Å². The summed E-state index contributed by atoms with van der Waals surface area (Å²) < 4.78 is 11.3. The zero-order valence-corrected chi connectivity index (χ0v) is 10.9. The third kappa shape index (κ3) is 2.89. The van der Waals surface area contributed by atoms with Crippen molar-refractivity contribution in [3.8, 4) is 0 Å². The van der Waals surface area contributed by atoms with Gasteiger partial charge in [-0.1, -0.05) is 37.3 Å². The predicted molar refractivity (Wildman–Crippen MR) is 67.6 cm³/mol. The van der Waals surface area contributed by atoms with Gasteiger partial charge in [-0.15, -0.1) is 0 Å². The van der Waals surface area contributed by atoms with E-state index >= 15 is 0 Å². The van der Waals surface area contributed by atoms with E-state index in [-0.39, 0.29) is 24.0 Å². The van der Waals surface area contributed by atoms with Gasteiger partial charge >= 0.3 is 0 Å². The maximum absolute atomic E-state index is 11.9. The monoisotopic (exact) mass is 249 g/mol. The van der Waals surface area contributed by atoms with Crippen molar-refractivity contribution in [2.24, 2.45) is 5.92 Å². The highest BCUT2D eigenvalue weighted by atomic mass is 16.7. The summed E-state index contributed by atoms with van der Waals surface area (Å²) in [6, 6.07) is 9.75. The molecule has 0 aliphatic carbocycles. The van der Waals surface area contributed by atoms with Crippen LogP contribution in [0.3, 0.4) is 0 Å². The second-order valence-electron chi connectivity index (χ2n) is 4.78. The Morgan fingerprint density at radius 1 is 1.28 bits per heavy atom. The molecule has 1 saturated heterocycles. The Bertz CT molecular complexity index is 405. The molecule has 0 aromatic heterocycles. The minimum Gasteiger partial charge on any atom is -0.333 e. The molecule has 0 bridgehead atoms. The summed E-state index contributed by atoms with van der Waals surface area (Å²) in [6.45, 7) is 5.68. The van der Waals surface area contributed by atoms with Gasteiger partial charge in [0.1, 0.15) is 0 Å². The number of carbonyl (C=O) groups excluding carboxylic acids is 1. The van der Waals surface area contributed by atoms with Crippen molar-refractivity contribution in [3.63, 3.8) is 0 Å². The number of hydrogen-bond donors (Lipinski definition) is 1. The van der Waals surface area contributed by atoms with Gasteiger partial charge in [-0.05, 0) is 19.4 Å². The van der Waals surface area contributed by atoms with Crippen LogP contribution in [0.25, 0.3) is 0 Å². The van der Waals surface area contributed by atoms with E-state index in [0.29, 0.717) is 0 Å². The van der Waals surface area contributed by atoms with Crippen LogP contribution in [-0.2, 0) is 14.3 Å². The Labute approximate surface area is 107 Å². The Morgan fingerprint density at radius 3 is 2.56 bits per heavy atom. The summed E-state index contributed by atoms with van der Waals surface area (Å²) in [5.41, 5.74) is 0.997. The lowest BCUT2D eigenvalue weighted by atomic mass is 9.95. The maximum atomic E-state index is 11.9. The van der Waals surface area contributed by atoms with Crippen LogP contribution >= 0.6 is 0 Å². The molecule has 1 fully saturated rings. The van der Waals surface area contributed by atoms with Gasteiger partial charge in [0.15, 0.2) is 0 Å². The quantitative estimate of drug-likeness (QED) is 0.893. The summed E-state index contributed by atoms with van der Waals surface area (Å²) in [7, 11) is 0. The van der Waals surface area contributed by atoms with E-state index in [0.717, 1.165) is 5.56 Å². The summed E-state index contributed by atoms with van der Waals surface area (Å²) in [6.07, 6.45) is -0.928. The SMILES string of the molecule is CC(C)O[C@@H]1NC(=O)[C@H](C)[C@@H](c2ccccc2)O1. The topological polar surface area (TPSA) is 47.6 Å². The van der Waals surface area contributed by atoms with Gasteiger partial charge in [0, 0.05) is 0 Å². The van der Waals surface area contributed by atoms with Crippen LogP contribution < -0.4 is 5.32 Å². The number of rotatable bonds is 3. The molecular formula is C14H19NO3. The standard InChI is InChI=1S/C14H19NO3/c1-9(2)17-14-15-13(16)10(3)12(18-14)11-7-5-4-6-8-11/h4-10,12,14H,1-3H3,(H,15,16)/t10-,12+,14+/m1/s1. The first-order valence-electron chi connectivity index (χ1n) is 6.24. The minimum atomic E-state index is -0.668. The third-order valence-electron chi connectivity index (χ3n) is 2.92.